The van der Waals surface area contributed by atoms with Crippen molar-refractivity contribution in [1.29, 1.82) is 0 Å². The van der Waals surface area contributed by atoms with Gasteiger partial charge in [0.05, 0.1) is 13.2 Å². The van der Waals surface area contributed by atoms with Gasteiger partial charge in [0, 0.05) is 18.7 Å². The number of hydrogen-bond donors (Lipinski definition) is 1. The van der Waals surface area contributed by atoms with E-state index in [0.29, 0.717) is 12.2 Å². The zero-order chi connectivity index (χ0) is 17.8. The molecule has 0 bridgehead atoms. The summed E-state index contributed by atoms with van der Waals surface area (Å²) >= 11 is 0. The van der Waals surface area contributed by atoms with Crippen molar-refractivity contribution in [2.75, 3.05) is 23.9 Å². The lowest BCUT2D eigenvalue weighted by Gasteiger charge is -2.19. The van der Waals surface area contributed by atoms with Crippen LogP contribution in [0.25, 0.3) is 0 Å². The van der Waals surface area contributed by atoms with Gasteiger partial charge in [0.25, 0.3) is 0 Å². The number of benzene rings is 1. The van der Waals surface area contributed by atoms with Gasteiger partial charge < -0.3 is 15.0 Å². The van der Waals surface area contributed by atoms with Crippen molar-refractivity contribution in [2.24, 2.45) is 0 Å². The van der Waals surface area contributed by atoms with Gasteiger partial charge in [-0.25, -0.2) is 4.79 Å². The first-order valence-corrected chi connectivity index (χ1v) is 8.17. The molecule has 1 aromatic heterocycles. The predicted octanol–water partition coefficient (Wildman–Crippen LogP) is 2.56. The second-order valence-electron chi connectivity index (χ2n) is 5.91. The monoisotopic (exact) mass is 340 g/mol. The summed E-state index contributed by atoms with van der Waals surface area (Å²) in [6, 6.07) is 11.1. The zero-order valence-corrected chi connectivity index (χ0v) is 14.2. The topological polar surface area (TPSA) is 84.4 Å². The van der Waals surface area contributed by atoms with Crippen LogP contribution in [0.5, 0.6) is 0 Å². The SMILES string of the molecule is COC(=O)c1ccc(N[C@H](C)c2cccc(N3CCCC3=O)c2)nn1. The molecule has 7 heteroatoms. The molecule has 1 aromatic carbocycles. The number of nitrogens with one attached hydrogen (secondary N) is 1. The lowest BCUT2D eigenvalue weighted by molar-refractivity contribution is -0.117. The van der Waals surface area contributed by atoms with Crippen LogP contribution < -0.4 is 10.2 Å². The van der Waals surface area contributed by atoms with E-state index in [0.717, 1.165) is 24.2 Å². The third-order valence-electron chi connectivity index (χ3n) is 4.18. The molecular formula is C18H20N4O3. The van der Waals surface area contributed by atoms with Gasteiger partial charge in [-0.05, 0) is 43.2 Å². The molecule has 0 saturated carbocycles. The van der Waals surface area contributed by atoms with Crippen LogP contribution in [-0.4, -0.2) is 35.7 Å². The second kappa shape index (κ2) is 7.29. The van der Waals surface area contributed by atoms with E-state index < -0.39 is 5.97 Å². The molecule has 1 atom stereocenters. The Morgan fingerprint density at radius 1 is 1.28 bits per heavy atom. The molecule has 1 fully saturated rings. The van der Waals surface area contributed by atoms with E-state index in [2.05, 4.69) is 20.3 Å². The third-order valence-corrected chi connectivity index (χ3v) is 4.18. The second-order valence-corrected chi connectivity index (χ2v) is 5.91. The van der Waals surface area contributed by atoms with Crippen LogP contribution in [0.4, 0.5) is 11.5 Å². The van der Waals surface area contributed by atoms with Crippen LogP contribution in [0.1, 0.15) is 41.9 Å². The summed E-state index contributed by atoms with van der Waals surface area (Å²) in [7, 11) is 1.30. The molecule has 1 aliphatic heterocycles. The molecule has 2 heterocycles. The lowest BCUT2D eigenvalue weighted by atomic mass is 10.1. The molecule has 2 aromatic rings. The molecule has 1 N–H and O–H groups in total. The fraction of sp³-hybridized carbons (Fsp3) is 0.333. The van der Waals surface area contributed by atoms with Gasteiger partial charge in [-0.1, -0.05) is 12.1 Å². The Labute approximate surface area is 146 Å². The Hall–Kier alpha value is -2.96. The van der Waals surface area contributed by atoms with Crippen molar-refractivity contribution in [3.63, 3.8) is 0 Å². The van der Waals surface area contributed by atoms with Gasteiger partial charge in [0.15, 0.2) is 5.69 Å². The molecule has 1 aliphatic rings. The van der Waals surface area contributed by atoms with Crippen LogP contribution in [0.2, 0.25) is 0 Å². The molecule has 0 radical (unpaired) electrons. The minimum Gasteiger partial charge on any atom is -0.464 e. The highest BCUT2D eigenvalue weighted by Crippen LogP contribution is 2.26. The van der Waals surface area contributed by atoms with Gasteiger partial charge in [0.2, 0.25) is 5.91 Å². The number of aromatic nitrogens is 2. The number of anilines is 2. The van der Waals surface area contributed by atoms with E-state index in [1.807, 2.05) is 36.1 Å². The molecule has 1 saturated heterocycles. The van der Waals surface area contributed by atoms with Crippen LogP contribution in [0, 0.1) is 0 Å². The minimum atomic E-state index is -0.518. The van der Waals surface area contributed by atoms with E-state index >= 15 is 0 Å². The highest BCUT2D eigenvalue weighted by Gasteiger charge is 2.22. The van der Waals surface area contributed by atoms with Crippen LogP contribution in [0.3, 0.4) is 0 Å². The molecule has 0 unspecified atom stereocenters. The van der Waals surface area contributed by atoms with Gasteiger partial charge in [-0.15, -0.1) is 10.2 Å². The highest BCUT2D eigenvalue weighted by molar-refractivity contribution is 5.95. The largest absolute Gasteiger partial charge is 0.464 e. The molecule has 130 valence electrons. The maximum absolute atomic E-state index is 11.9. The summed E-state index contributed by atoms with van der Waals surface area (Å²) in [6.45, 7) is 2.77. The van der Waals surface area contributed by atoms with Crippen molar-refractivity contribution >= 4 is 23.4 Å². The van der Waals surface area contributed by atoms with Crippen LogP contribution in [0.15, 0.2) is 36.4 Å². The quantitative estimate of drug-likeness (QED) is 0.842. The Bertz CT molecular complexity index is 776. The summed E-state index contributed by atoms with van der Waals surface area (Å²) in [5.41, 5.74) is 2.12. The molecule has 25 heavy (non-hydrogen) atoms. The van der Waals surface area contributed by atoms with E-state index in [4.69, 9.17) is 0 Å². The van der Waals surface area contributed by atoms with Crippen molar-refractivity contribution < 1.29 is 14.3 Å². The minimum absolute atomic E-state index is 0.0315. The van der Waals surface area contributed by atoms with Crippen molar-refractivity contribution in [3.8, 4) is 0 Å². The summed E-state index contributed by atoms with van der Waals surface area (Å²) < 4.78 is 4.60. The number of nitrogens with zero attached hydrogens (tertiary/aromatic N) is 3. The van der Waals surface area contributed by atoms with Crippen molar-refractivity contribution in [3.05, 3.63) is 47.7 Å². The Morgan fingerprint density at radius 3 is 2.76 bits per heavy atom. The number of carbonyl (C=O) groups is 2. The first kappa shape index (κ1) is 16.9. The standard InChI is InChI=1S/C18H20N4O3/c1-12(19-16-9-8-15(20-21-16)18(24)25-2)13-5-3-6-14(11-13)22-10-4-7-17(22)23/h3,5-6,8-9,11-12H,4,7,10H2,1-2H3,(H,19,21)/t12-/m1/s1. The van der Waals surface area contributed by atoms with E-state index in [1.54, 1.807) is 12.1 Å². The van der Waals surface area contributed by atoms with Crippen LogP contribution >= 0.6 is 0 Å². The van der Waals surface area contributed by atoms with Crippen molar-refractivity contribution in [2.45, 2.75) is 25.8 Å². The Balaban J connectivity index is 1.71. The first-order chi connectivity index (χ1) is 12.1. The van der Waals surface area contributed by atoms with Gasteiger partial charge in [-0.3, -0.25) is 4.79 Å². The Kier molecular flexibility index (Phi) is 4.92. The predicted molar refractivity (Wildman–Crippen MR) is 93.4 cm³/mol. The number of esters is 1. The normalized spacial score (nSPS) is 15.1. The average Bonchev–Trinajstić information content (AvgIpc) is 3.07. The van der Waals surface area contributed by atoms with Crippen LogP contribution in [-0.2, 0) is 9.53 Å². The number of carbonyl (C=O) groups excluding carboxylic acids is 2. The number of amides is 1. The molecule has 0 aliphatic carbocycles. The first-order valence-electron chi connectivity index (χ1n) is 8.17. The zero-order valence-electron chi connectivity index (χ0n) is 14.2. The molecule has 3 rings (SSSR count). The summed E-state index contributed by atoms with van der Waals surface area (Å²) in [5, 5.41) is 11.1. The maximum Gasteiger partial charge on any atom is 0.358 e. The number of methoxy groups -OCH3 is 1. The lowest BCUT2D eigenvalue weighted by Crippen LogP contribution is -2.23. The summed E-state index contributed by atoms with van der Waals surface area (Å²) in [6.07, 6.45) is 1.51. The maximum atomic E-state index is 11.9. The number of ether oxygens (including phenoxy) is 1. The van der Waals surface area contributed by atoms with Gasteiger partial charge in [-0.2, -0.15) is 0 Å². The third kappa shape index (κ3) is 3.76. The smallest absolute Gasteiger partial charge is 0.358 e. The molecule has 1 amide bonds. The summed E-state index contributed by atoms with van der Waals surface area (Å²) in [4.78, 5) is 25.1. The Morgan fingerprint density at radius 2 is 2.12 bits per heavy atom. The summed E-state index contributed by atoms with van der Waals surface area (Å²) in [5.74, 6) is 0.208. The van der Waals surface area contributed by atoms with Gasteiger partial charge in [0.1, 0.15) is 5.82 Å². The van der Waals surface area contributed by atoms with Crippen molar-refractivity contribution in [1.82, 2.24) is 10.2 Å². The average molecular weight is 340 g/mol. The van der Waals surface area contributed by atoms with E-state index in [9.17, 15) is 9.59 Å². The fourth-order valence-corrected chi connectivity index (χ4v) is 2.81. The number of hydrogen-bond acceptors (Lipinski definition) is 6. The van der Waals surface area contributed by atoms with E-state index in [-0.39, 0.29) is 17.6 Å². The fourth-order valence-electron chi connectivity index (χ4n) is 2.81. The molecule has 0 spiro atoms. The van der Waals surface area contributed by atoms with E-state index in [1.165, 1.54) is 7.11 Å². The highest BCUT2D eigenvalue weighted by atomic mass is 16.5. The molecular weight excluding hydrogens is 320 g/mol. The van der Waals surface area contributed by atoms with Gasteiger partial charge >= 0.3 is 5.97 Å². The number of rotatable bonds is 5. The molecule has 7 nitrogen and oxygen atoms in total.